The van der Waals surface area contributed by atoms with Gasteiger partial charge in [-0.1, -0.05) is 29.8 Å². The molecule has 0 radical (unpaired) electrons. The van der Waals surface area contributed by atoms with Crippen molar-refractivity contribution in [2.45, 2.75) is 26.2 Å². The molecular formula is C17H18F3N3O2. The summed E-state index contributed by atoms with van der Waals surface area (Å²) >= 11 is 0. The summed E-state index contributed by atoms with van der Waals surface area (Å²) in [5.74, 6) is -0.142. The average molecular weight is 353 g/mol. The van der Waals surface area contributed by atoms with Crippen LogP contribution in [-0.4, -0.2) is 23.8 Å². The predicted octanol–water partition coefficient (Wildman–Crippen LogP) is 3.33. The van der Waals surface area contributed by atoms with Crippen molar-refractivity contribution in [1.82, 2.24) is 15.6 Å². The molecular weight excluding hydrogens is 335 g/mol. The molecule has 0 atom stereocenters. The summed E-state index contributed by atoms with van der Waals surface area (Å²) < 4.78 is 41.0. The Kier molecular flexibility index (Phi) is 6.21. The van der Waals surface area contributed by atoms with Gasteiger partial charge in [-0.05, 0) is 24.1 Å². The molecule has 0 saturated carbocycles. The highest BCUT2D eigenvalue weighted by Gasteiger charge is 2.28. The van der Waals surface area contributed by atoms with Crippen molar-refractivity contribution in [2.24, 2.45) is 0 Å². The van der Waals surface area contributed by atoms with Gasteiger partial charge in [-0.2, -0.15) is 13.2 Å². The van der Waals surface area contributed by atoms with E-state index in [0.717, 1.165) is 11.1 Å². The normalized spacial score (nSPS) is 11.0. The first kappa shape index (κ1) is 18.6. The molecule has 0 unspecified atom stereocenters. The number of urea groups is 1. The van der Waals surface area contributed by atoms with Crippen LogP contribution >= 0.6 is 0 Å². The number of nitrogens with one attached hydrogen (secondary N) is 2. The number of hydrogen-bond acceptors (Lipinski definition) is 3. The summed E-state index contributed by atoms with van der Waals surface area (Å²) in [6.45, 7) is 1.08. The second-order valence-corrected chi connectivity index (χ2v) is 5.43. The zero-order valence-electron chi connectivity index (χ0n) is 13.6. The highest BCUT2D eigenvalue weighted by atomic mass is 19.4. The van der Waals surface area contributed by atoms with Gasteiger partial charge < -0.3 is 15.4 Å². The van der Waals surface area contributed by atoms with Crippen LogP contribution in [0.15, 0.2) is 42.6 Å². The van der Waals surface area contributed by atoms with Gasteiger partial charge >= 0.3 is 12.2 Å². The third-order valence-electron chi connectivity index (χ3n) is 3.17. The number of benzene rings is 1. The second-order valence-electron chi connectivity index (χ2n) is 5.43. The first-order chi connectivity index (χ1) is 11.8. The van der Waals surface area contributed by atoms with Gasteiger partial charge in [0.05, 0.1) is 0 Å². The molecule has 0 aliphatic heterocycles. The number of amides is 2. The standard InChI is InChI=1S/C17H18F3N3O2/c1-12-3-2-4-13(7-12)9-22-16(24)23-10-14-5-6-21-15(8-14)25-11-17(18,19)20/h2-8H,9-11H2,1H3,(H2,22,23,24). The van der Waals surface area contributed by atoms with E-state index in [4.69, 9.17) is 0 Å². The SMILES string of the molecule is Cc1cccc(CNC(=O)NCc2ccnc(OCC(F)(F)F)c2)c1. The topological polar surface area (TPSA) is 63.2 Å². The number of ether oxygens (including phenoxy) is 1. The Bertz CT molecular complexity index is 720. The lowest BCUT2D eigenvalue weighted by molar-refractivity contribution is -0.154. The summed E-state index contributed by atoms with van der Waals surface area (Å²) in [6, 6.07) is 10.3. The number of pyridine rings is 1. The molecule has 1 heterocycles. The first-order valence-corrected chi connectivity index (χ1v) is 7.53. The van der Waals surface area contributed by atoms with Crippen LogP contribution in [0, 0.1) is 6.92 Å². The summed E-state index contributed by atoms with van der Waals surface area (Å²) in [4.78, 5) is 15.5. The molecule has 2 amide bonds. The van der Waals surface area contributed by atoms with E-state index in [2.05, 4.69) is 20.4 Å². The molecule has 8 heteroatoms. The van der Waals surface area contributed by atoms with Gasteiger partial charge in [0.2, 0.25) is 5.88 Å². The van der Waals surface area contributed by atoms with Crippen LogP contribution in [-0.2, 0) is 13.1 Å². The fourth-order valence-corrected chi connectivity index (χ4v) is 2.04. The lowest BCUT2D eigenvalue weighted by Gasteiger charge is -2.10. The Morgan fingerprint density at radius 3 is 2.44 bits per heavy atom. The maximum absolute atomic E-state index is 12.1. The van der Waals surface area contributed by atoms with E-state index >= 15 is 0 Å². The zero-order chi connectivity index (χ0) is 18.3. The average Bonchev–Trinajstić information content (AvgIpc) is 2.56. The van der Waals surface area contributed by atoms with Crippen molar-refractivity contribution in [3.05, 3.63) is 59.3 Å². The van der Waals surface area contributed by atoms with Crippen molar-refractivity contribution in [3.63, 3.8) is 0 Å². The third kappa shape index (κ3) is 7.11. The largest absolute Gasteiger partial charge is 0.468 e. The summed E-state index contributed by atoms with van der Waals surface area (Å²) in [5, 5.41) is 5.34. The summed E-state index contributed by atoms with van der Waals surface area (Å²) in [5.41, 5.74) is 2.66. The molecule has 25 heavy (non-hydrogen) atoms. The molecule has 134 valence electrons. The number of aromatic nitrogens is 1. The van der Waals surface area contributed by atoms with Crippen molar-refractivity contribution >= 4 is 6.03 Å². The number of nitrogens with zero attached hydrogens (tertiary/aromatic N) is 1. The molecule has 1 aromatic carbocycles. The summed E-state index contributed by atoms with van der Waals surface area (Å²) in [6.07, 6.45) is -3.10. The van der Waals surface area contributed by atoms with Crippen molar-refractivity contribution in [3.8, 4) is 5.88 Å². The van der Waals surface area contributed by atoms with Crippen molar-refractivity contribution < 1.29 is 22.7 Å². The van der Waals surface area contributed by atoms with Gasteiger partial charge in [0.15, 0.2) is 6.61 Å². The third-order valence-corrected chi connectivity index (χ3v) is 3.17. The Hall–Kier alpha value is -2.77. The van der Waals surface area contributed by atoms with Crippen LogP contribution < -0.4 is 15.4 Å². The van der Waals surface area contributed by atoms with E-state index in [1.54, 1.807) is 6.07 Å². The van der Waals surface area contributed by atoms with E-state index in [-0.39, 0.29) is 18.5 Å². The molecule has 0 fully saturated rings. The van der Waals surface area contributed by atoms with Gasteiger partial charge in [0.1, 0.15) is 0 Å². The quantitative estimate of drug-likeness (QED) is 0.837. The Balaban J connectivity index is 1.79. The number of halogens is 3. The fourth-order valence-electron chi connectivity index (χ4n) is 2.04. The molecule has 2 N–H and O–H groups in total. The van der Waals surface area contributed by atoms with Crippen LogP contribution in [0.25, 0.3) is 0 Å². The Labute approximate surface area is 143 Å². The molecule has 0 aliphatic rings. The lowest BCUT2D eigenvalue weighted by Crippen LogP contribution is -2.34. The minimum Gasteiger partial charge on any atom is -0.468 e. The number of hydrogen-bond donors (Lipinski definition) is 2. The molecule has 1 aromatic heterocycles. The van der Waals surface area contributed by atoms with Gasteiger partial charge in [-0.3, -0.25) is 0 Å². The minimum atomic E-state index is -4.42. The van der Waals surface area contributed by atoms with Crippen LogP contribution in [0.4, 0.5) is 18.0 Å². The van der Waals surface area contributed by atoms with E-state index in [0.29, 0.717) is 12.1 Å². The van der Waals surface area contributed by atoms with Gasteiger partial charge in [0.25, 0.3) is 0 Å². The van der Waals surface area contributed by atoms with Crippen molar-refractivity contribution in [2.75, 3.05) is 6.61 Å². The van der Waals surface area contributed by atoms with Gasteiger partial charge in [-0.15, -0.1) is 0 Å². The van der Waals surface area contributed by atoms with E-state index in [1.165, 1.54) is 12.3 Å². The maximum Gasteiger partial charge on any atom is 0.422 e. The molecule has 0 spiro atoms. The first-order valence-electron chi connectivity index (χ1n) is 7.53. The number of alkyl halides is 3. The lowest BCUT2D eigenvalue weighted by atomic mass is 10.1. The minimum absolute atomic E-state index is 0.142. The van der Waals surface area contributed by atoms with Crippen LogP contribution in [0.5, 0.6) is 5.88 Å². The highest BCUT2D eigenvalue weighted by molar-refractivity contribution is 5.73. The number of aryl methyl sites for hydroxylation is 1. The van der Waals surface area contributed by atoms with Crippen LogP contribution in [0.1, 0.15) is 16.7 Å². The summed E-state index contributed by atoms with van der Waals surface area (Å²) in [7, 11) is 0. The molecule has 2 aromatic rings. The van der Waals surface area contributed by atoms with Crippen molar-refractivity contribution in [1.29, 1.82) is 0 Å². The van der Waals surface area contributed by atoms with Crippen LogP contribution in [0.2, 0.25) is 0 Å². The van der Waals surface area contributed by atoms with E-state index in [1.807, 2.05) is 31.2 Å². The maximum atomic E-state index is 12.1. The monoisotopic (exact) mass is 353 g/mol. The molecule has 0 saturated heterocycles. The molecule has 0 bridgehead atoms. The van der Waals surface area contributed by atoms with Crippen LogP contribution in [0.3, 0.4) is 0 Å². The smallest absolute Gasteiger partial charge is 0.422 e. The number of carbonyl (C=O) groups excluding carboxylic acids is 1. The fraction of sp³-hybridized carbons (Fsp3) is 0.294. The Morgan fingerprint density at radius 2 is 1.80 bits per heavy atom. The van der Waals surface area contributed by atoms with Gasteiger partial charge in [-0.25, -0.2) is 9.78 Å². The van der Waals surface area contributed by atoms with Gasteiger partial charge in [0, 0.05) is 25.4 Å². The highest BCUT2D eigenvalue weighted by Crippen LogP contribution is 2.17. The molecule has 2 rings (SSSR count). The number of rotatable bonds is 6. The molecule has 5 nitrogen and oxygen atoms in total. The second kappa shape index (κ2) is 8.36. The zero-order valence-corrected chi connectivity index (χ0v) is 13.6. The van der Waals surface area contributed by atoms with E-state index in [9.17, 15) is 18.0 Å². The molecule has 0 aliphatic carbocycles. The predicted molar refractivity (Wildman–Crippen MR) is 86.0 cm³/mol. The number of carbonyl (C=O) groups is 1. The Morgan fingerprint density at radius 1 is 1.12 bits per heavy atom. The van der Waals surface area contributed by atoms with E-state index < -0.39 is 12.8 Å².